The predicted octanol–water partition coefficient (Wildman–Crippen LogP) is 3.60. The number of methoxy groups -OCH3 is 1. The van der Waals surface area contributed by atoms with Crippen molar-refractivity contribution in [3.63, 3.8) is 0 Å². The molecule has 0 saturated carbocycles. The Morgan fingerprint density at radius 3 is 2.48 bits per heavy atom. The van der Waals surface area contributed by atoms with Crippen LogP contribution < -0.4 is 0 Å². The fraction of sp³-hybridized carbons (Fsp3) is 0.0588. The zero-order chi connectivity index (χ0) is 16.4. The monoisotopic (exact) mass is 308 g/mol. The molecule has 23 heavy (non-hydrogen) atoms. The van der Waals surface area contributed by atoms with Crippen molar-refractivity contribution in [2.75, 3.05) is 7.11 Å². The third-order valence-corrected chi connectivity index (χ3v) is 3.53. The predicted molar refractivity (Wildman–Crippen MR) is 85.2 cm³/mol. The largest absolute Gasteiger partial charge is 0.465 e. The summed E-state index contributed by atoms with van der Waals surface area (Å²) in [5.41, 5.74) is 0.604. The van der Waals surface area contributed by atoms with Crippen LogP contribution in [0, 0.1) is 10.1 Å². The van der Waals surface area contributed by atoms with Gasteiger partial charge in [0.05, 0.1) is 17.6 Å². The number of ether oxygens (including phenoxy) is 1. The number of carbonyl (C=O) groups excluding carboxylic acids is 1. The average molecular weight is 308 g/mol. The Kier molecular flexibility index (Phi) is 3.72. The fourth-order valence-corrected chi connectivity index (χ4v) is 2.47. The van der Waals surface area contributed by atoms with Crippen LogP contribution in [0.2, 0.25) is 0 Å². The van der Waals surface area contributed by atoms with Crippen molar-refractivity contribution in [1.29, 1.82) is 0 Å². The highest BCUT2D eigenvalue weighted by Crippen LogP contribution is 2.33. The maximum absolute atomic E-state index is 12.1. The van der Waals surface area contributed by atoms with E-state index in [-0.39, 0.29) is 16.9 Å². The van der Waals surface area contributed by atoms with Gasteiger partial charge in [0.2, 0.25) is 0 Å². The Morgan fingerprint density at radius 1 is 1.13 bits per heavy atom. The molecule has 0 bridgehead atoms. The summed E-state index contributed by atoms with van der Waals surface area (Å²) in [6, 6.07) is 13.7. The van der Waals surface area contributed by atoms with Gasteiger partial charge in [0.15, 0.2) is 0 Å². The highest BCUT2D eigenvalue weighted by molar-refractivity contribution is 6.03. The van der Waals surface area contributed by atoms with Crippen LogP contribution in [-0.4, -0.2) is 23.0 Å². The lowest BCUT2D eigenvalue weighted by atomic mass is 9.97. The molecule has 0 saturated heterocycles. The second-order valence-corrected chi connectivity index (χ2v) is 4.86. The lowest BCUT2D eigenvalue weighted by molar-refractivity contribution is -0.384. The normalized spacial score (nSPS) is 10.5. The zero-order valence-corrected chi connectivity index (χ0v) is 12.2. The molecule has 0 radical (unpaired) electrons. The van der Waals surface area contributed by atoms with Gasteiger partial charge in [-0.25, -0.2) is 9.78 Å². The molecule has 3 rings (SSSR count). The summed E-state index contributed by atoms with van der Waals surface area (Å²) >= 11 is 0. The van der Waals surface area contributed by atoms with E-state index in [1.54, 1.807) is 12.1 Å². The molecule has 0 aliphatic heterocycles. The van der Waals surface area contributed by atoms with E-state index in [1.165, 1.54) is 25.4 Å². The lowest BCUT2D eigenvalue weighted by Crippen LogP contribution is -2.05. The van der Waals surface area contributed by atoms with E-state index in [1.807, 2.05) is 24.3 Å². The Morgan fingerprint density at radius 2 is 1.83 bits per heavy atom. The molecule has 0 atom stereocenters. The van der Waals surface area contributed by atoms with E-state index < -0.39 is 10.9 Å². The van der Waals surface area contributed by atoms with Crippen LogP contribution in [0.3, 0.4) is 0 Å². The number of hydrogen-bond donors (Lipinski definition) is 0. The van der Waals surface area contributed by atoms with Gasteiger partial charge >= 0.3 is 5.97 Å². The number of nitrogens with zero attached hydrogens (tertiary/aromatic N) is 2. The first-order chi connectivity index (χ1) is 11.1. The summed E-state index contributed by atoms with van der Waals surface area (Å²) < 4.78 is 4.81. The maximum atomic E-state index is 12.1. The lowest BCUT2D eigenvalue weighted by Gasteiger charge is -2.10. The Bertz CT molecular complexity index is 921. The van der Waals surface area contributed by atoms with Crippen LogP contribution in [0.4, 0.5) is 5.69 Å². The number of fused-ring (bicyclic) bond motifs is 1. The van der Waals surface area contributed by atoms with Crippen LogP contribution in [0.25, 0.3) is 22.0 Å². The van der Waals surface area contributed by atoms with Crippen LogP contribution in [-0.2, 0) is 4.74 Å². The summed E-state index contributed by atoms with van der Waals surface area (Å²) in [6.07, 6.45) is 1.46. The molecule has 0 unspecified atom stereocenters. The van der Waals surface area contributed by atoms with Gasteiger partial charge in [-0.2, -0.15) is 0 Å². The third kappa shape index (κ3) is 2.62. The van der Waals surface area contributed by atoms with E-state index in [0.29, 0.717) is 5.56 Å². The summed E-state index contributed by atoms with van der Waals surface area (Å²) in [5, 5.41) is 13.0. The van der Waals surface area contributed by atoms with E-state index in [9.17, 15) is 14.9 Å². The molecule has 0 fully saturated rings. The second-order valence-electron chi connectivity index (χ2n) is 4.86. The third-order valence-electron chi connectivity index (χ3n) is 3.53. The summed E-state index contributed by atoms with van der Waals surface area (Å²) in [6.45, 7) is 0. The van der Waals surface area contributed by atoms with E-state index in [2.05, 4.69) is 4.98 Å². The molecule has 0 aliphatic carbocycles. The minimum Gasteiger partial charge on any atom is -0.465 e. The number of carbonyl (C=O) groups is 1. The summed E-state index contributed by atoms with van der Waals surface area (Å²) in [7, 11) is 1.27. The minimum absolute atomic E-state index is 0.142. The van der Waals surface area contributed by atoms with E-state index in [0.717, 1.165) is 10.8 Å². The smallest absolute Gasteiger partial charge is 0.338 e. The topological polar surface area (TPSA) is 82.3 Å². The van der Waals surface area contributed by atoms with Gasteiger partial charge in [0, 0.05) is 17.8 Å². The number of rotatable bonds is 3. The van der Waals surface area contributed by atoms with Crippen LogP contribution >= 0.6 is 0 Å². The average Bonchev–Trinajstić information content (AvgIpc) is 2.59. The van der Waals surface area contributed by atoms with Gasteiger partial charge in [-0.05, 0) is 29.0 Å². The quantitative estimate of drug-likeness (QED) is 0.419. The zero-order valence-electron chi connectivity index (χ0n) is 12.2. The second kappa shape index (κ2) is 5.84. The molecule has 0 amide bonds. The SMILES string of the molecule is COC(=O)c1cc2ccccc2cc1-c1ncccc1[N+](=O)[O-]. The molecule has 6 heteroatoms. The first-order valence-corrected chi connectivity index (χ1v) is 6.82. The molecule has 0 N–H and O–H groups in total. The van der Waals surface area contributed by atoms with Crippen LogP contribution in [0.5, 0.6) is 0 Å². The van der Waals surface area contributed by atoms with Crippen LogP contribution in [0.15, 0.2) is 54.7 Å². The van der Waals surface area contributed by atoms with Gasteiger partial charge in [-0.3, -0.25) is 10.1 Å². The molecule has 1 heterocycles. The van der Waals surface area contributed by atoms with Crippen molar-refractivity contribution in [2.24, 2.45) is 0 Å². The van der Waals surface area contributed by atoms with Gasteiger partial charge in [-0.1, -0.05) is 24.3 Å². The van der Waals surface area contributed by atoms with Crippen LogP contribution in [0.1, 0.15) is 10.4 Å². The standard InChI is InChI=1S/C17H12N2O4/c1-23-17(20)14-10-12-6-3-2-5-11(12)9-13(14)16-15(19(21)22)7-4-8-18-16/h2-10H,1H3. The minimum atomic E-state index is -0.564. The van der Waals surface area contributed by atoms with E-state index >= 15 is 0 Å². The molecular weight excluding hydrogens is 296 g/mol. The molecule has 0 aliphatic rings. The molecule has 6 nitrogen and oxygen atoms in total. The summed E-state index contributed by atoms with van der Waals surface area (Å²) in [5.74, 6) is -0.564. The van der Waals surface area contributed by atoms with E-state index in [4.69, 9.17) is 4.74 Å². The number of esters is 1. The molecule has 0 spiro atoms. The van der Waals surface area contributed by atoms with Crippen molar-refractivity contribution in [2.45, 2.75) is 0 Å². The Labute approximate surface area is 131 Å². The van der Waals surface area contributed by atoms with Gasteiger partial charge in [0.1, 0.15) is 5.69 Å². The number of hydrogen-bond acceptors (Lipinski definition) is 5. The van der Waals surface area contributed by atoms with Crippen molar-refractivity contribution >= 4 is 22.4 Å². The van der Waals surface area contributed by atoms with Crippen molar-refractivity contribution in [3.05, 3.63) is 70.4 Å². The molecule has 1 aromatic heterocycles. The number of benzene rings is 2. The van der Waals surface area contributed by atoms with Gasteiger partial charge in [0.25, 0.3) is 5.69 Å². The number of aromatic nitrogens is 1. The van der Waals surface area contributed by atoms with Gasteiger partial charge < -0.3 is 4.74 Å². The van der Waals surface area contributed by atoms with Crippen molar-refractivity contribution in [1.82, 2.24) is 4.98 Å². The van der Waals surface area contributed by atoms with Crippen molar-refractivity contribution < 1.29 is 14.5 Å². The highest BCUT2D eigenvalue weighted by Gasteiger charge is 2.22. The van der Waals surface area contributed by atoms with Crippen molar-refractivity contribution in [3.8, 4) is 11.3 Å². The molecule has 2 aromatic carbocycles. The first-order valence-electron chi connectivity index (χ1n) is 6.82. The number of nitro groups is 1. The fourth-order valence-electron chi connectivity index (χ4n) is 2.47. The molecule has 3 aromatic rings. The Hall–Kier alpha value is -3.28. The molecular formula is C17H12N2O4. The Balaban J connectivity index is 2.35. The first kappa shape index (κ1) is 14.6. The summed E-state index contributed by atoms with van der Waals surface area (Å²) in [4.78, 5) is 27.0. The molecule has 114 valence electrons. The highest BCUT2D eigenvalue weighted by atomic mass is 16.6. The van der Waals surface area contributed by atoms with Gasteiger partial charge in [-0.15, -0.1) is 0 Å². The number of pyridine rings is 1. The maximum Gasteiger partial charge on any atom is 0.338 e.